The molecule has 0 aromatic rings. The van der Waals surface area contributed by atoms with Crippen LogP contribution >= 0.6 is 0 Å². The number of hydrogen-bond donors (Lipinski definition) is 2. The summed E-state index contributed by atoms with van der Waals surface area (Å²) in [5.74, 6) is -0.459. The van der Waals surface area contributed by atoms with Crippen molar-refractivity contribution in [3.8, 4) is 0 Å². The van der Waals surface area contributed by atoms with Crippen molar-refractivity contribution < 1.29 is 18.3 Å². The van der Waals surface area contributed by atoms with Crippen molar-refractivity contribution in [1.82, 2.24) is 4.72 Å². The quantitative estimate of drug-likeness (QED) is 0.683. The topological polar surface area (TPSA) is 83.5 Å². The number of rotatable bonds is 9. The predicted molar refractivity (Wildman–Crippen MR) is 76.5 cm³/mol. The smallest absolute Gasteiger partial charge is 0.303 e. The van der Waals surface area contributed by atoms with Crippen LogP contribution in [0.3, 0.4) is 0 Å². The Morgan fingerprint density at radius 2 is 1.84 bits per heavy atom. The Morgan fingerprint density at radius 1 is 1.26 bits per heavy atom. The van der Waals surface area contributed by atoms with Gasteiger partial charge in [0.1, 0.15) is 0 Å². The van der Waals surface area contributed by atoms with Gasteiger partial charge in [-0.1, -0.05) is 27.7 Å². The van der Waals surface area contributed by atoms with Crippen LogP contribution in [0.5, 0.6) is 0 Å². The van der Waals surface area contributed by atoms with Crippen LogP contribution in [0.2, 0.25) is 0 Å². The fourth-order valence-electron chi connectivity index (χ4n) is 1.49. The summed E-state index contributed by atoms with van der Waals surface area (Å²) in [7, 11) is -3.21. The molecule has 0 aromatic carbocycles. The predicted octanol–water partition coefficient (Wildman–Crippen LogP) is 2.23. The molecule has 1 unspecified atom stereocenters. The van der Waals surface area contributed by atoms with Gasteiger partial charge in [0, 0.05) is 13.0 Å². The summed E-state index contributed by atoms with van der Waals surface area (Å²) in [5.41, 5.74) is 0.00350. The lowest BCUT2D eigenvalue weighted by Gasteiger charge is -2.18. The molecule has 0 radical (unpaired) electrons. The molecule has 1 atom stereocenters. The maximum absolute atomic E-state index is 11.7. The second kappa shape index (κ2) is 7.85. The molecule has 0 aliphatic carbocycles. The molecule has 0 spiro atoms. The van der Waals surface area contributed by atoms with Crippen LogP contribution in [0, 0.1) is 11.3 Å². The molecule has 6 heteroatoms. The van der Waals surface area contributed by atoms with E-state index in [1.54, 1.807) is 0 Å². The van der Waals surface area contributed by atoms with E-state index in [4.69, 9.17) is 5.11 Å². The first-order valence-electron chi connectivity index (χ1n) is 6.71. The van der Waals surface area contributed by atoms with E-state index in [1.165, 1.54) is 0 Å². The minimum absolute atomic E-state index is 0.00350. The third kappa shape index (κ3) is 12.2. The number of carbonyl (C=O) groups is 1. The zero-order valence-electron chi connectivity index (χ0n) is 12.4. The Bertz CT molecular complexity index is 371. The largest absolute Gasteiger partial charge is 0.481 e. The summed E-state index contributed by atoms with van der Waals surface area (Å²) < 4.78 is 26.0. The van der Waals surface area contributed by atoms with E-state index in [2.05, 4.69) is 4.72 Å². The average molecular weight is 293 g/mol. The molecule has 0 rings (SSSR count). The summed E-state index contributed by atoms with van der Waals surface area (Å²) in [4.78, 5) is 10.4. The fraction of sp³-hybridized carbons (Fsp3) is 0.923. The van der Waals surface area contributed by atoms with E-state index < -0.39 is 16.0 Å². The zero-order chi connectivity index (χ0) is 15.1. The van der Waals surface area contributed by atoms with Crippen LogP contribution in [0.15, 0.2) is 0 Å². The zero-order valence-corrected chi connectivity index (χ0v) is 13.2. The van der Waals surface area contributed by atoms with Crippen molar-refractivity contribution in [2.24, 2.45) is 11.3 Å². The first-order valence-corrected chi connectivity index (χ1v) is 8.36. The van der Waals surface area contributed by atoms with E-state index in [1.807, 2.05) is 27.7 Å². The van der Waals surface area contributed by atoms with Crippen molar-refractivity contribution in [3.05, 3.63) is 0 Å². The number of nitrogens with one attached hydrogen (secondary N) is 1. The molecule has 0 fully saturated rings. The number of carboxylic acids is 1. The third-order valence-electron chi connectivity index (χ3n) is 2.93. The van der Waals surface area contributed by atoms with Gasteiger partial charge in [0.25, 0.3) is 0 Å². The average Bonchev–Trinajstić information content (AvgIpc) is 2.23. The highest BCUT2D eigenvalue weighted by atomic mass is 32.2. The Hall–Kier alpha value is -0.620. The number of sulfonamides is 1. The fourth-order valence-corrected chi connectivity index (χ4v) is 2.94. The van der Waals surface area contributed by atoms with Gasteiger partial charge in [0.05, 0.1) is 5.75 Å². The molecule has 0 aromatic heterocycles. The molecule has 5 nitrogen and oxygen atoms in total. The molecule has 0 saturated heterocycles. The van der Waals surface area contributed by atoms with Gasteiger partial charge in [-0.15, -0.1) is 0 Å². The van der Waals surface area contributed by atoms with E-state index in [0.717, 1.165) is 0 Å². The van der Waals surface area contributed by atoms with Crippen LogP contribution < -0.4 is 4.72 Å². The standard InChI is InChI=1S/C13H27NO4S/c1-11(5-6-12(15)16)7-9-14-19(17,18)10-8-13(2,3)4/h11,14H,5-10H2,1-4H3,(H,15,16). The highest BCUT2D eigenvalue weighted by molar-refractivity contribution is 7.89. The molecular weight excluding hydrogens is 266 g/mol. The van der Waals surface area contributed by atoms with E-state index in [0.29, 0.717) is 25.8 Å². The SMILES string of the molecule is CC(CCNS(=O)(=O)CCC(C)(C)C)CCC(=O)O. The van der Waals surface area contributed by atoms with Crippen molar-refractivity contribution in [3.63, 3.8) is 0 Å². The van der Waals surface area contributed by atoms with E-state index in [-0.39, 0.29) is 23.5 Å². The maximum Gasteiger partial charge on any atom is 0.303 e. The van der Waals surface area contributed by atoms with Crippen molar-refractivity contribution >= 4 is 16.0 Å². The van der Waals surface area contributed by atoms with Crippen molar-refractivity contribution in [2.45, 2.75) is 53.4 Å². The Morgan fingerprint density at radius 3 is 2.32 bits per heavy atom. The van der Waals surface area contributed by atoms with E-state index >= 15 is 0 Å². The third-order valence-corrected chi connectivity index (χ3v) is 4.32. The van der Waals surface area contributed by atoms with Crippen LogP contribution in [-0.2, 0) is 14.8 Å². The number of carboxylic acid groups (broad SMARTS) is 1. The molecule has 0 bridgehead atoms. The van der Waals surface area contributed by atoms with Gasteiger partial charge in [-0.25, -0.2) is 13.1 Å². The Kier molecular flexibility index (Phi) is 7.59. The molecular formula is C13H27NO4S. The summed E-state index contributed by atoms with van der Waals surface area (Å²) in [6.07, 6.45) is 2.01. The molecule has 0 saturated carbocycles. The lowest BCUT2D eigenvalue weighted by atomic mass is 9.94. The van der Waals surface area contributed by atoms with Gasteiger partial charge in [-0.2, -0.15) is 0 Å². The normalized spacial score (nSPS) is 14.3. The van der Waals surface area contributed by atoms with Crippen LogP contribution in [0.4, 0.5) is 0 Å². The van der Waals surface area contributed by atoms with Crippen LogP contribution in [-0.4, -0.2) is 31.8 Å². The number of aliphatic carboxylic acids is 1. The maximum atomic E-state index is 11.7. The summed E-state index contributed by atoms with van der Waals surface area (Å²) in [6, 6.07) is 0. The Balaban J connectivity index is 3.89. The van der Waals surface area contributed by atoms with Gasteiger partial charge in [-0.3, -0.25) is 4.79 Å². The molecule has 2 N–H and O–H groups in total. The lowest BCUT2D eigenvalue weighted by Crippen LogP contribution is -2.30. The van der Waals surface area contributed by atoms with Crippen LogP contribution in [0.1, 0.15) is 53.4 Å². The minimum atomic E-state index is -3.21. The van der Waals surface area contributed by atoms with Crippen molar-refractivity contribution in [1.29, 1.82) is 0 Å². The van der Waals surface area contributed by atoms with Gasteiger partial charge in [-0.05, 0) is 30.6 Å². The minimum Gasteiger partial charge on any atom is -0.481 e. The summed E-state index contributed by atoms with van der Waals surface area (Å²) in [6.45, 7) is 8.35. The van der Waals surface area contributed by atoms with Gasteiger partial charge >= 0.3 is 5.97 Å². The molecule has 0 aliphatic rings. The second-order valence-electron chi connectivity index (χ2n) is 6.35. The number of hydrogen-bond acceptors (Lipinski definition) is 3. The Labute approximate surface area is 116 Å². The first-order chi connectivity index (χ1) is 8.52. The van der Waals surface area contributed by atoms with Crippen LogP contribution in [0.25, 0.3) is 0 Å². The molecule has 0 aliphatic heterocycles. The first kappa shape index (κ1) is 18.4. The highest BCUT2D eigenvalue weighted by Crippen LogP contribution is 2.19. The van der Waals surface area contributed by atoms with Crippen molar-refractivity contribution in [2.75, 3.05) is 12.3 Å². The monoisotopic (exact) mass is 293 g/mol. The molecule has 114 valence electrons. The van der Waals surface area contributed by atoms with Gasteiger partial charge < -0.3 is 5.11 Å². The summed E-state index contributed by atoms with van der Waals surface area (Å²) in [5, 5.41) is 8.55. The second-order valence-corrected chi connectivity index (χ2v) is 8.28. The highest BCUT2D eigenvalue weighted by Gasteiger charge is 2.17. The molecule has 0 amide bonds. The molecule has 0 heterocycles. The molecule has 19 heavy (non-hydrogen) atoms. The van der Waals surface area contributed by atoms with E-state index in [9.17, 15) is 13.2 Å². The van der Waals surface area contributed by atoms with Gasteiger partial charge in [0.15, 0.2) is 0 Å². The lowest BCUT2D eigenvalue weighted by molar-refractivity contribution is -0.137. The summed E-state index contributed by atoms with van der Waals surface area (Å²) >= 11 is 0. The van der Waals surface area contributed by atoms with Gasteiger partial charge in [0.2, 0.25) is 10.0 Å².